The minimum atomic E-state index is -3.72. The number of hydrogen-bond acceptors (Lipinski definition) is 3. The van der Waals surface area contributed by atoms with E-state index in [-0.39, 0.29) is 27.4 Å². The molecular formula is C22H25ClN2O3S. The summed E-state index contributed by atoms with van der Waals surface area (Å²) >= 11 is 6.24. The fourth-order valence-electron chi connectivity index (χ4n) is 4.17. The van der Waals surface area contributed by atoms with Gasteiger partial charge in [0.05, 0.1) is 15.5 Å². The Morgan fingerprint density at radius 1 is 1.03 bits per heavy atom. The highest BCUT2D eigenvalue weighted by Crippen LogP contribution is 2.28. The molecule has 1 saturated carbocycles. The van der Waals surface area contributed by atoms with E-state index in [0.717, 1.165) is 31.2 Å². The van der Waals surface area contributed by atoms with E-state index in [1.54, 1.807) is 0 Å². The van der Waals surface area contributed by atoms with Gasteiger partial charge in [-0.2, -0.15) is 4.31 Å². The first-order chi connectivity index (χ1) is 13.9. The minimum Gasteiger partial charge on any atom is -0.349 e. The zero-order chi connectivity index (χ0) is 20.4. The summed E-state index contributed by atoms with van der Waals surface area (Å²) in [5.41, 5.74) is 2.42. The molecule has 4 rings (SSSR count). The Morgan fingerprint density at radius 3 is 2.52 bits per heavy atom. The number of carbonyl (C=O) groups is 1. The van der Waals surface area contributed by atoms with Crippen molar-refractivity contribution in [2.24, 2.45) is 0 Å². The second-order valence-electron chi connectivity index (χ2n) is 7.81. The first-order valence-corrected chi connectivity index (χ1v) is 11.9. The Hall–Kier alpha value is -1.89. The standard InChI is InChI=1S/C22H25ClN2O3S/c23-21-11-10-19(14-20(21)22(26)24-18-8-2-1-3-9-18)29(27,28)25-13-12-16-6-4-5-7-17(16)15-25/h4-7,10-11,14,18H,1-3,8-9,12-13,15H2,(H,24,26). The van der Waals surface area contributed by atoms with Gasteiger partial charge >= 0.3 is 0 Å². The van der Waals surface area contributed by atoms with Crippen molar-refractivity contribution in [2.75, 3.05) is 6.54 Å². The van der Waals surface area contributed by atoms with Crippen molar-refractivity contribution in [1.29, 1.82) is 0 Å². The second kappa shape index (κ2) is 8.46. The van der Waals surface area contributed by atoms with Gasteiger partial charge in [-0.05, 0) is 48.6 Å². The van der Waals surface area contributed by atoms with Crippen molar-refractivity contribution in [3.05, 3.63) is 64.2 Å². The molecule has 2 aromatic rings. The van der Waals surface area contributed by atoms with Crippen molar-refractivity contribution < 1.29 is 13.2 Å². The Morgan fingerprint density at radius 2 is 1.76 bits per heavy atom. The molecule has 1 fully saturated rings. The van der Waals surface area contributed by atoms with Crippen LogP contribution in [0.2, 0.25) is 5.02 Å². The Balaban J connectivity index is 1.57. The highest BCUT2D eigenvalue weighted by Gasteiger charge is 2.29. The number of carbonyl (C=O) groups excluding carboxylic acids is 1. The van der Waals surface area contributed by atoms with Gasteiger partial charge in [-0.15, -0.1) is 0 Å². The van der Waals surface area contributed by atoms with Crippen LogP contribution in [0, 0.1) is 0 Å². The molecular weight excluding hydrogens is 408 g/mol. The molecule has 0 saturated heterocycles. The van der Waals surface area contributed by atoms with Crippen LogP contribution in [-0.4, -0.2) is 31.2 Å². The Kier molecular flexibility index (Phi) is 5.95. The largest absolute Gasteiger partial charge is 0.349 e. The summed E-state index contributed by atoms with van der Waals surface area (Å²) < 4.78 is 27.9. The van der Waals surface area contributed by atoms with Crippen LogP contribution in [-0.2, 0) is 23.0 Å². The van der Waals surface area contributed by atoms with Gasteiger partial charge in [-0.1, -0.05) is 55.1 Å². The van der Waals surface area contributed by atoms with E-state index in [4.69, 9.17) is 11.6 Å². The second-order valence-corrected chi connectivity index (χ2v) is 10.2. The molecule has 1 aliphatic heterocycles. The van der Waals surface area contributed by atoms with Crippen LogP contribution in [0.5, 0.6) is 0 Å². The van der Waals surface area contributed by atoms with E-state index in [1.165, 1.54) is 34.5 Å². The summed E-state index contributed by atoms with van der Waals surface area (Å²) in [6.07, 6.45) is 5.98. The van der Waals surface area contributed by atoms with Gasteiger partial charge in [0.1, 0.15) is 0 Å². The minimum absolute atomic E-state index is 0.107. The third-order valence-electron chi connectivity index (χ3n) is 5.86. The zero-order valence-corrected chi connectivity index (χ0v) is 17.8. The summed E-state index contributed by atoms with van der Waals surface area (Å²) in [6, 6.07) is 12.4. The number of fused-ring (bicyclic) bond motifs is 1. The van der Waals surface area contributed by atoms with Gasteiger partial charge in [-0.3, -0.25) is 4.79 Å². The molecule has 1 heterocycles. The predicted octanol–water partition coefficient (Wildman–Crippen LogP) is 4.15. The topological polar surface area (TPSA) is 66.5 Å². The van der Waals surface area contributed by atoms with Gasteiger partial charge in [-0.25, -0.2) is 8.42 Å². The highest BCUT2D eigenvalue weighted by molar-refractivity contribution is 7.89. The van der Waals surface area contributed by atoms with Crippen LogP contribution in [0.4, 0.5) is 0 Å². The molecule has 0 atom stereocenters. The van der Waals surface area contributed by atoms with E-state index in [2.05, 4.69) is 5.32 Å². The lowest BCUT2D eigenvalue weighted by Gasteiger charge is -2.28. The average Bonchev–Trinajstić information content (AvgIpc) is 2.74. The monoisotopic (exact) mass is 432 g/mol. The molecule has 0 unspecified atom stereocenters. The molecule has 1 amide bonds. The van der Waals surface area contributed by atoms with E-state index >= 15 is 0 Å². The lowest BCUT2D eigenvalue weighted by atomic mass is 9.95. The molecule has 29 heavy (non-hydrogen) atoms. The normalized spacial score (nSPS) is 18.2. The maximum absolute atomic E-state index is 13.2. The van der Waals surface area contributed by atoms with Crippen LogP contribution in [0.1, 0.15) is 53.6 Å². The first-order valence-electron chi connectivity index (χ1n) is 10.1. The van der Waals surface area contributed by atoms with E-state index in [9.17, 15) is 13.2 Å². The third-order valence-corrected chi connectivity index (χ3v) is 8.03. The van der Waals surface area contributed by atoms with Crippen LogP contribution in [0.25, 0.3) is 0 Å². The van der Waals surface area contributed by atoms with Crippen molar-refractivity contribution in [3.63, 3.8) is 0 Å². The molecule has 2 aliphatic rings. The lowest BCUT2D eigenvalue weighted by molar-refractivity contribution is 0.0927. The molecule has 2 aromatic carbocycles. The summed E-state index contributed by atoms with van der Waals surface area (Å²) in [7, 11) is -3.72. The molecule has 0 radical (unpaired) electrons. The molecule has 0 bridgehead atoms. The Labute approximate surface area is 177 Å². The average molecular weight is 433 g/mol. The van der Waals surface area contributed by atoms with Crippen molar-refractivity contribution in [2.45, 2.75) is 56.0 Å². The number of nitrogens with one attached hydrogen (secondary N) is 1. The van der Waals surface area contributed by atoms with Gasteiger partial charge < -0.3 is 5.32 Å². The fourth-order valence-corrected chi connectivity index (χ4v) is 5.82. The van der Waals surface area contributed by atoms with Crippen molar-refractivity contribution in [1.82, 2.24) is 9.62 Å². The molecule has 0 spiro atoms. The number of rotatable bonds is 4. The van der Waals surface area contributed by atoms with E-state index in [1.807, 2.05) is 24.3 Å². The summed E-state index contributed by atoms with van der Waals surface area (Å²) in [6.45, 7) is 0.760. The van der Waals surface area contributed by atoms with E-state index in [0.29, 0.717) is 19.5 Å². The van der Waals surface area contributed by atoms with Gasteiger partial charge in [0.2, 0.25) is 10.0 Å². The van der Waals surface area contributed by atoms with Crippen molar-refractivity contribution >= 4 is 27.5 Å². The summed E-state index contributed by atoms with van der Waals surface area (Å²) in [5, 5.41) is 3.28. The fraction of sp³-hybridized carbons (Fsp3) is 0.409. The van der Waals surface area contributed by atoms with Crippen LogP contribution >= 0.6 is 11.6 Å². The Bertz CT molecular complexity index is 1020. The lowest BCUT2D eigenvalue weighted by Crippen LogP contribution is -2.37. The number of hydrogen-bond donors (Lipinski definition) is 1. The molecule has 0 aromatic heterocycles. The molecule has 7 heteroatoms. The maximum Gasteiger partial charge on any atom is 0.253 e. The SMILES string of the molecule is O=C(NC1CCCCC1)c1cc(S(=O)(=O)N2CCc3ccccc3C2)ccc1Cl. The number of halogens is 1. The third kappa shape index (κ3) is 4.34. The quantitative estimate of drug-likeness (QED) is 0.789. The smallest absolute Gasteiger partial charge is 0.253 e. The zero-order valence-electron chi connectivity index (χ0n) is 16.2. The highest BCUT2D eigenvalue weighted by atomic mass is 35.5. The van der Waals surface area contributed by atoms with Gasteiger partial charge in [0.15, 0.2) is 0 Å². The molecule has 1 aliphatic carbocycles. The van der Waals surface area contributed by atoms with Crippen LogP contribution < -0.4 is 5.32 Å². The first kappa shape index (κ1) is 20.4. The number of sulfonamides is 1. The number of amides is 1. The maximum atomic E-state index is 13.2. The predicted molar refractivity (Wildman–Crippen MR) is 114 cm³/mol. The number of benzene rings is 2. The summed E-state index contributed by atoms with van der Waals surface area (Å²) in [4.78, 5) is 12.9. The molecule has 1 N–H and O–H groups in total. The molecule has 5 nitrogen and oxygen atoms in total. The molecule has 154 valence electrons. The number of nitrogens with zero attached hydrogens (tertiary/aromatic N) is 1. The van der Waals surface area contributed by atoms with Gasteiger partial charge in [0.25, 0.3) is 5.91 Å². The van der Waals surface area contributed by atoms with Crippen LogP contribution in [0.3, 0.4) is 0 Å². The van der Waals surface area contributed by atoms with Gasteiger partial charge in [0, 0.05) is 19.1 Å². The van der Waals surface area contributed by atoms with Crippen molar-refractivity contribution in [3.8, 4) is 0 Å². The van der Waals surface area contributed by atoms with E-state index < -0.39 is 10.0 Å². The van der Waals surface area contributed by atoms with Crippen LogP contribution in [0.15, 0.2) is 47.4 Å². The summed E-state index contributed by atoms with van der Waals surface area (Å²) in [5.74, 6) is -0.303.